The minimum absolute atomic E-state index is 0.0185. The number of hydrogen-bond donors (Lipinski definition) is 1. The molecule has 2 aliphatic carbocycles. The van der Waals surface area contributed by atoms with Crippen LogP contribution in [0.2, 0.25) is 0 Å². The third-order valence-electron chi connectivity index (χ3n) is 11.9. The van der Waals surface area contributed by atoms with Crippen molar-refractivity contribution in [3.05, 3.63) is 119 Å². The van der Waals surface area contributed by atoms with Gasteiger partial charge in [0.25, 0.3) is 0 Å². The molecule has 8 rings (SSSR count). The summed E-state index contributed by atoms with van der Waals surface area (Å²) in [6, 6.07) is 32.6. The van der Waals surface area contributed by atoms with Crippen LogP contribution in [0.15, 0.2) is 112 Å². The highest BCUT2D eigenvalue weighted by atomic mass is 16.5. The number of aryl methyl sites for hydroxylation is 1. The van der Waals surface area contributed by atoms with Crippen LogP contribution in [-0.2, 0) is 17.6 Å². The molecule has 4 aliphatic rings. The van der Waals surface area contributed by atoms with Gasteiger partial charge in [-0.3, -0.25) is 0 Å². The molecule has 0 spiro atoms. The van der Waals surface area contributed by atoms with E-state index >= 15 is 0 Å². The Labute approximate surface area is 339 Å². The minimum Gasteiger partial charge on any atom is -0.392 e. The van der Waals surface area contributed by atoms with Crippen molar-refractivity contribution in [1.29, 1.82) is 0 Å². The van der Waals surface area contributed by atoms with Crippen LogP contribution in [-0.4, -0.2) is 30.1 Å². The van der Waals surface area contributed by atoms with Gasteiger partial charge in [-0.05, 0) is 123 Å². The van der Waals surface area contributed by atoms with E-state index in [0.717, 1.165) is 30.8 Å². The number of aliphatic hydroxyl groups excluding tert-OH is 1. The van der Waals surface area contributed by atoms with Crippen molar-refractivity contribution < 1.29 is 9.84 Å². The molecule has 4 unspecified atom stereocenters. The topological polar surface area (TPSA) is 78.9 Å². The van der Waals surface area contributed by atoms with E-state index in [4.69, 9.17) is 4.74 Å². The number of ether oxygens (including phenoxy) is 1. The smallest absolute Gasteiger partial charge is 0.187 e. The fraction of sp³-hybridized carbons (Fsp3) is 0.560. The van der Waals surface area contributed by atoms with Crippen LogP contribution in [0, 0.1) is 29.6 Å². The van der Waals surface area contributed by atoms with Crippen LogP contribution in [0.3, 0.4) is 0 Å². The molecule has 6 heteroatoms. The maximum atomic E-state index is 9.88. The zero-order chi connectivity index (χ0) is 40.8. The standard InChI is InChI=1S/C15H18.C12H16O.C12H16.C7H14O.C4H8N4/c1-11(2)12(3)14-9-8-13-6-4-5-7-15(13)10-14;1-8(2)12-10-6-4-3-5-9(10)7-11(12)13;1-9(2)11-8-7-10-5-3-4-6-12(10)11;1-6(2)7-4-3-5-8-7;1-3(2)4-5-7-8-6-4/h4-12H,1-3H3;3-6,8,11-13H,7H2,1-2H3;3-6,9,11H,7-8H2,1-2H3;6-7H,3-5H2,1-2H3;3-4H,1-2H3/t12-;;;;/m1..../s1. The Morgan fingerprint density at radius 3 is 1.75 bits per heavy atom. The Balaban J connectivity index is 0.000000159. The molecule has 4 aromatic rings. The second kappa shape index (κ2) is 22.3. The molecule has 0 amide bonds. The molecule has 0 saturated carbocycles. The van der Waals surface area contributed by atoms with Crippen molar-refractivity contribution in [3.8, 4) is 0 Å². The van der Waals surface area contributed by atoms with Gasteiger partial charge >= 0.3 is 0 Å². The Morgan fingerprint density at radius 2 is 1.21 bits per heavy atom. The van der Waals surface area contributed by atoms with Crippen LogP contribution in [0.25, 0.3) is 10.8 Å². The van der Waals surface area contributed by atoms with Crippen molar-refractivity contribution in [3.63, 3.8) is 0 Å². The summed E-state index contributed by atoms with van der Waals surface area (Å²) in [6.07, 6.45) is 6.40. The summed E-state index contributed by atoms with van der Waals surface area (Å²) in [5, 5.41) is 26.8. The molecular formula is C50H72N4O2. The van der Waals surface area contributed by atoms with E-state index in [1.807, 2.05) is 19.9 Å². The summed E-state index contributed by atoms with van der Waals surface area (Å²) < 4.78 is 5.41. The Hall–Kier alpha value is -3.74. The molecular weight excluding hydrogens is 689 g/mol. The molecule has 1 N–H and O–H groups in total. The molecule has 0 radical (unpaired) electrons. The van der Waals surface area contributed by atoms with E-state index in [1.54, 1.807) is 11.1 Å². The second-order valence-electron chi connectivity index (χ2n) is 17.8. The summed E-state index contributed by atoms with van der Waals surface area (Å²) >= 11 is 0. The molecule has 2 heterocycles. The first-order chi connectivity index (χ1) is 26.8. The molecule has 1 fully saturated rings. The van der Waals surface area contributed by atoms with E-state index in [0.29, 0.717) is 35.7 Å². The highest BCUT2D eigenvalue weighted by Crippen LogP contribution is 2.39. The first-order valence-corrected chi connectivity index (χ1v) is 21.5. The van der Waals surface area contributed by atoms with Crippen LogP contribution < -0.4 is 0 Å². The quantitative estimate of drug-likeness (QED) is 0.212. The minimum atomic E-state index is -0.169. The van der Waals surface area contributed by atoms with Crippen LogP contribution in [0.4, 0.5) is 0 Å². The zero-order valence-electron chi connectivity index (χ0n) is 36.4. The average Bonchev–Trinajstić information content (AvgIpc) is 4.02. The molecule has 1 saturated heterocycles. The number of fused-ring (bicyclic) bond motifs is 3. The summed E-state index contributed by atoms with van der Waals surface area (Å²) in [5.41, 5.74) is 7.31. The number of aliphatic hydroxyl groups is 1. The van der Waals surface area contributed by atoms with E-state index in [1.165, 1.54) is 53.1 Å². The van der Waals surface area contributed by atoms with Gasteiger partial charge in [-0.25, -0.2) is 0 Å². The first-order valence-electron chi connectivity index (χ1n) is 21.5. The fourth-order valence-electron chi connectivity index (χ4n) is 8.14. The van der Waals surface area contributed by atoms with Gasteiger partial charge in [0.1, 0.15) is 0 Å². The van der Waals surface area contributed by atoms with Crippen LogP contribution >= 0.6 is 0 Å². The van der Waals surface area contributed by atoms with Gasteiger partial charge in [-0.15, -0.1) is 10.2 Å². The molecule has 304 valence electrons. The molecule has 5 atom stereocenters. The lowest BCUT2D eigenvalue weighted by molar-refractivity contribution is 0.0758. The Bertz CT molecular complexity index is 1790. The molecule has 0 bridgehead atoms. The van der Waals surface area contributed by atoms with E-state index < -0.39 is 0 Å². The monoisotopic (exact) mass is 761 g/mol. The van der Waals surface area contributed by atoms with Crippen molar-refractivity contribution in [2.75, 3.05) is 6.61 Å². The number of hydrogen-bond acceptors (Lipinski definition) is 6. The lowest BCUT2D eigenvalue weighted by Gasteiger charge is -2.19. The predicted molar refractivity (Wildman–Crippen MR) is 235 cm³/mol. The van der Waals surface area contributed by atoms with Gasteiger partial charge in [-0.2, -0.15) is 0 Å². The van der Waals surface area contributed by atoms with E-state index in [-0.39, 0.29) is 12.3 Å². The Morgan fingerprint density at radius 1 is 0.607 bits per heavy atom. The molecule has 6 nitrogen and oxygen atoms in total. The van der Waals surface area contributed by atoms with Crippen molar-refractivity contribution in [2.24, 2.45) is 50.3 Å². The van der Waals surface area contributed by atoms with Gasteiger partial charge in [0.05, 0.1) is 12.2 Å². The van der Waals surface area contributed by atoms with Crippen molar-refractivity contribution in [2.45, 2.75) is 144 Å². The van der Waals surface area contributed by atoms with Gasteiger partial charge in [0, 0.05) is 12.5 Å². The number of benzene rings is 4. The molecule has 4 aromatic carbocycles. The second-order valence-corrected chi connectivity index (χ2v) is 17.8. The molecule has 0 aromatic heterocycles. The van der Waals surface area contributed by atoms with Gasteiger partial charge in [0.2, 0.25) is 0 Å². The summed E-state index contributed by atoms with van der Waals surface area (Å²) in [4.78, 5) is 0. The fourth-order valence-corrected chi connectivity index (χ4v) is 8.14. The highest BCUT2D eigenvalue weighted by Gasteiger charge is 2.32. The number of rotatable bonds is 6. The SMILES string of the molecule is CC(C)C1CCCO1.CC(C)C1CCc2ccccc21.CC(C)C1N=NN=N1.CC(C)C1c2ccccc2CC1O.CC(C)[C@@H](C)c1ccc2ccccc2c1. The summed E-state index contributed by atoms with van der Waals surface area (Å²) in [7, 11) is 0. The van der Waals surface area contributed by atoms with Gasteiger partial charge in [-0.1, -0.05) is 167 Å². The largest absolute Gasteiger partial charge is 0.392 e. The third kappa shape index (κ3) is 12.9. The third-order valence-corrected chi connectivity index (χ3v) is 11.9. The maximum absolute atomic E-state index is 9.88. The van der Waals surface area contributed by atoms with Gasteiger partial charge in [0.15, 0.2) is 6.17 Å². The first kappa shape index (κ1) is 45.0. The van der Waals surface area contributed by atoms with E-state index in [2.05, 4.69) is 168 Å². The Kier molecular flexibility index (Phi) is 17.9. The lowest BCUT2D eigenvalue weighted by atomic mass is 9.89. The molecule has 56 heavy (non-hydrogen) atoms. The normalized spacial score (nSPS) is 21.2. The predicted octanol–water partition coefficient (Wildman–Crippen LogP) is 13.9. The highest BCUT2D eigenvalue weighted by molar-refractivity contribution is 5.83. The average molecular weight is 761 g/mol. The van der Waals surface area contributed by atoms with Crippen molar-refractivity contribution >= 4 is 10.8 Å². The van der Waals surface area contributed by atoms with Crippen LogP contribution in [0.5, 0.6) is 0 Å². The van der Waals surface area contributed by atoms with Crippen LogP contribution in [0.1, 0.15) is 141 Å². The van der Waals surface area contributed by atoms with Crippen molar-refractivity contribution in [1.82, 2.24) is 0 Å². The maximum Gasteiger partial charge on any atom is 0.187 e. The van der Waals surface area contributed by atoms with Gasteiger partial charge < -0.3 is 9.84 Å². The molecule has 2 aliphatic heterocycles. The number of nitrogens with zero attached hydrogens (tertiary/aromatic N) is 4. The lowest BCUT2D eigenvalue weighted by Crippen LogP contribution is -2.18. The zero-order valence-corrected chi connectivity index (χ0v) is 36.4. The van der Waals surface area contributed by atoms with E-state index in [9.17, 15) is 5.11 Å². The summed E-state index contributed by atoms with van der Waals surface area (Å²) in [5.74, 6) is 4.97. The summed E-state index contributed by atoms with van der Waals surface area (Å²) in [6.45, 7) is 25.4.